The van der Waals surface area contributed by atoms with Crippen molar-refractivity contribution in [3.05, 3.63) is 28.8 Å². The highest BCUT2D eigenvalue weighted by molar-refractivity contribution is 9.09. The maximum atomic E-state index is 11.9. The molecular formula is C12H15BrClNO3. The van der Waals surface area contributed by atoms with Crippen LogP contribution in [0.15, 0.2) is 18.2 Å². The lowest BCUT2D eigenvalue weighted by atomic mass is 10.1. The van der Waals surface area contributed by atoms with Gasteiger partial charge in [0.05, 0.1) is 17.7 Å². The third-order valence-corrected chi connectivity index (χ3v) is 3.13. The Bertz CT molecular complexity index is 408. The molecule has 1 aromatic carbocycles. The fourth-order valence-electron chi connectivity index (χ4n) is 1.45. The minimum Gasteiger partial charge on any atom is -0.506 e. The van der Waals surface area contributed by atoms with Gasteiger partial charge in [0.2, 0.25) is 0 Å². The van der Waals surface area contributed by atoms with Crippen LogP contribution in [0.1, 0.15) is 16.8 Å². The molecule has 1 aromatic rings. The molecule has 0 fully saturated rings. The second-order valence-electron chi connectivity index (χ2n) is 3.77. The van der Waals surface area contributed by atoms with Crippen LogP contribution < -0.4 is 5.32 Å². The number of carbonyl (C=O) groups is 1. The Morgan fingerprint density at radius 1 is 1.61 bits per heavy atom. The number of halogens is 2. The first-order valence-electron chi connectivity index (χ1n) is 5.42. The number of ether oxygens (including phenoxy) is 1. The van der Waals surface area contributed by atoms with Crippen LogP contribution in [-0.2, 0) is 4.74 Å². The third-order valence-electron chi connectivity index (χ3n) is 2.37. The fraction of sp³-hybridized carbons (Fsp3) is 0.417. The molecule has 2 N–H and O–H groups in total. The predicted molar refractivity (Wildman–Crippen MR) is 74.7 cm³/mol. The number of benzene rings is 1. The largest absolute Gasteiger partial charge is 0.506 e. The summed E-state index contributed by atoms with van der Waals surface area (Å²) in [6, 6.07) is 4.29. The zero-order valence-electron chi connectivity index (χ0n) is 9.95. The van der Waals surface area contributed by atoms with Gasteiger partial charge in [0.1, 0.15) is 5.75 Å². The highest BCUT2D eigenvalue weighted by Crippen LogP contribution is 2.23. The van der Waals surface area contributed by atoms with Gasteiger partial charge in [-0.05, 0) is 24.6 Å². The van der Waals surface area contributed by atoms with Crippen molar-refractivity contribution in [3.8, 4) is 5.75 Å². The van der Waals surface area contributed by atoms with Gasteiger partial charge >= 0.3 is 0 Å². The quantitative estimate of drug-likeness (QED) is 0.785. The molecule has 1 rings (SSSR count). The summed E-state index contributed by atoms with van der Waals surface area (Å²) in [6.07, 6.45) is 0.769. The molecule has 1 atom stereocenters. The van der Waals surface area contributed by atoms with Gasteiger partial charge in [-0.15, -0.1) is 0 Å². The van der Waals surface area contributed by atoms with E-state index in [0.29, 0.717) is 12.2 Å². The number of hydrogen-bond acceptors (Lipinski definition) is 3. The summed E-state index contributed by atoms with van der Waals surface area (Å²) < 4.78 is 5.03. The molecule has 0 spiro atoms. The number of alkyl halides is 1. The Morgan fingerprint density at radius 2 is 2.33 bits per heavy atom. The number of rotatable bonds is 6. The number of methoxy groups -OCH3 is 1. The molecule has 4 nitrogen and oxygen atoms in total. The van der Waals surface area contributed by atoms with Crippen molar-refractivity contribution in [1.29, 1.82) is 0 Å². The minimum absolute atomic E-state index is 0.0397. The number of phenols is 1. The number of phenolic OH excluding ortho intramolecular Hbond substituents is 1. The Morgan fingerprint density at radius 3 is 2.89 bits per heavy atom. The first-order chi connectivity index (χ1) is 8.58. The average Bonchev–Trinajstić information content (AvgIpc) is 2.33. The molecule has 0 radical (unpaired) electrons. The first-order valence-corrected chi connectivity index (χ1v) is 6.92. The maximum Gasteiger partial charge on any atom is 0.251 e. The molecule has 0 aliphatic carbocycles. The van der Waals surface area contributed by atoms with E-state index in [1.54, 1.807) is 7.11 Å². The van der Waals surface area contributed by atoms with Gasteiger partial charge in [0.25, 0.3) is 5.91 Å². The van der Waals surface area contributed by atoms with E-state index in [-0.39, 0.29) is 22.7 Å². The second-order valence-corrected chi connectivity index (χ2v) is 4.97. The Kier molecular flexibility index (Phi) is 6.46. The highest BCUT2D eigenvalue weighted by atomic mass is 79.9. The van der Waals surface area contributed by atoms with Crippen LogP contribution in [0.25, 0.3) is 0 Å². The standard InChI is InChI=1S/C12H15BrClNO3/c1-18-7-9(4-5-13)15-12(17)8-2-3-11(16)10(14)6-8/h2-3,6,9,16H,4-5,7H2,1H3,(H,15,17). The van der Waals surface area contributed by atoms with Crippen LogP contribution in [0.3, 0.4) is 0 Å². The van der Waals surface area contributed by atoms with E-state index in [2.05, 4.69) is 21.2 Å². The number of carbonyl (C=O) groups excluding carboxylic acids is 1. The molecule has 0 aromatic heterocycles. The molecule has 0 saturated carbocycles. The molecule has 0 saturated heterocycles. The third kappa shape index (κ3) is 4.48. The molecule has 6 heteroatoms. The van der Waals surface area contributed by atoms with E-state index in [9.17, 15) is 9.90 Å². The van der Waals surface area contributed by atoms with Crippen molar-refractivity contribution < 1.29 is 14.6 Å². The molecule has 0 aliphatic rings. The molecular weight excluding hydrogens is 321 g/mol. The Balaban J connectivity index is 2.70. The predicted octanol–water partition coefficient (Wildman–Crippen LogP) is 2.58. The number of aromatic hydroxyl groups is 1. The molecule has 1 amide bonds. The van der Waals surface area contributed by atoms with Crippen LogP contribution in [0.2, 0.25) is 5.02 Å². The normalized spacial score (nSPS) is 12.2. The molecule has 1 unspecified atom stereocenters. The monoisotopic (exact) mass is 335 g/mol. The van der Waals surface area contributed by atoms with Crippen molar-refractivity contribution >= 4 is 33.4 Å². The van der Waals surface area contributed by atoms with Crippen molar-refractivity contribution in [3.63, 3.8) is 0 Å². The van der Waals surface area contributed by atoms with Gasteiger partial charge < -0.3 is 15.2 Å². The van der Waals surface area contributed by atoms with Gasteiger partial charge in [-0.25, -0.2) is 0 Å². The Hall–Kier alpha value is -0.780. The van der Waals surface area contributed by atoms with Crippen LogP contribution in [0, 0.1) is 0 Å². The van der Waals surface area contributed by atoms with Crippen LogP contribution >= 0.6 is 27.5 Å². The van der Waals surface area contributed by atoms with Gasteiger partial charge in [0.15, 0.2) is 0 Å². The molecule has 0 heterocycles. The summed E-state index contributed by atoms with van der Waals surface area (Å²) in [5, 5.41) is 13.1. The summed E-state index contributed by atoms with van der Waals surface area (Å²) in [7, 11) is 1.59. The molecule has 0 bridgehead atoms. The molecule has 100 valence electrons. The van der Waals surface area contributed by atoms with Crippen molar-refractivity contribution in [1.82, 2.24) is 5.32 Å². The van der Waals surface area contributed by atoms with E-state index in [4.69, 9.17) is 16.3 Å². The summed E-state index contributed by atoms with van der Waals surface area (Å²) in [4.78, 5) is 11.9. The lowest BCUT2D eigenvalue weighted by Crippen LogP contribution is -2.38. The van der Waals surface area contributed by atoms with Gasteiger partial charge in [0, 0.05) is 18.0 Å². The molecule has 18 heavy (non-hydrogen) atoms. The summed E-state index contributed by atoms with van der Waals surface area (Å²) >= 11 is 9.08. The van der Waals surface area contributed by atoms with Gasteiger partial charge in [-0.1, -0.05) is 27.5 Å². The van der Waals surface area contributed by atoms with Crippen LogP contribution in [-0.4, -0.2) is 36.1 Å². The minimum atomic E-state index is -0.236. The summed E-state index contributed by atoms with van der Waals surface area (Å²) in [6.45, 7) is 0.448. The van der Waals surface area contributed by atoms with E-state index in [0.717, 1.165) is 11.8 Å². The zero-order chi connectivity index (χ0) is 13.5. The molecule has 0 aliphatic heterocycles. The SMILES string of the molecule is COCC(CCBr)NC(=O)c1ccc(O)c(Cl)c1. The average molecular weight is 337 g/mol. The van der Waals surface area contributed by atoms with Crippen molar-refractivity contribution in [2.45, 2.75) is 12.5 Å². The highest BCUT2D eigenvalue weighted by Gasteiger charge is 2.14. The lowest BCUT2D eigenvalue weighted by molar-refractivity contribution is 0.0895. The fourth-order valence-corrected chi connectivity index (χ4v) is 2.18. The Labute approximate surface area is 119 Å². The lowest BCUT2D eigenvalue weighted by Gasteiger charge is -2.16. The van der Waals surface area contributed by atoms with Crippen LogP contribution in [0.5, 0.6) is 5.75 Å². The van der Waals surface area contributed by atoms with E-state index in [1.165, 1.54) is 18.2 Å². The van der Waals surface area contributed by atoms with Crippen LogP contribution in [0.4, 0.5) is 0 Å². The number of amides is 1. The topological polar surface area (TPSA) is 58.6 Å². The van der Waals surface area contributed by atoms with Crippen molar-refractivity contribution in [2.75, 3.05) is 19.0 Å². The summed E-state index contributed by atoms with van der Waals surface area (Å²) in [5.41, 5.74) is 0.411. The van der Waals surface area contributed by atoms with E-state index < -0.39 is 0 Å². The second kappa shape index (κ2) is 7.61. The van der Waals surface area contributed by atoms with Crippen molar-refractivity contribution in [2.24, 2.45) is 0 Å². The zero-order valence-corrected chi connectivity index (χ0v) is 12.3. The first kappa shape index (κ1) is 15.3. The summed E-state index contributed by atoms with van der Waals surface area (Å²) in [5.74, 6) is -0.276. The smallest absolute Gasteiger partial charge is 0.251 e. The maximum absolute atomic E-state index is 11.9. The number of nitrogens with one attached hydrogen (secondary N) is 1. The van der Waals surface area contributed by atoms with E-state index in [1.807, 2.05) is 0 Å². The van der Waals surface area contributed by atoms with Gasteiger partial charge in [-0.2, -0.15) is 0 Å². The number of hydrogen-bond donors (Lipinski definition) is 2. The van der Waals surface area contributed by atoms with E-state index >= 15 is 0 Å². The van der Waals surface area contributed by atoms with Gasteiger partial charge in [-0.3, -0.25) is 4.79 Å².